The first-order valence-corrected chi connectivity index (χ1v) is 25.4. The third-order valence-electron chi connectivity index (χ3n) is 14.6. The van der Waals surface area contributed by atoms with Crippen molar-refractivity contribution in [3.05, 3.63) is 112 Å². The minimum absolute atomic E-state index is 0.00218. The smallest absolute Gasteiger partial charge is 0.407 e. The molecule has 0 saturated carbocycles. The molecule has 1 aliphatic heterocycles. The Morgan fingerprint density at radius 1 is 0.884 bits per heavy atom. The minimum atomic E-state index is -1.33. The number of likely N-dealkylation sites (tertiary alicyclic amines) is 1. The molecule has 13 nitrogen and oxygen atoms in total. The van der Waals surface area contributed by atoms with Gasteiger partial charge in [0.05, 0.1) is 48.2 Å². The number of alkyl carbamates (subject to hydrolysis) is 1. The second kappa shape index (κ2) is 23.9. The summed E-state index contributed by atoms with van der Waals surface area (Å²) < 4.78 is 18.0. The molecule has 1 saturated heterocycles. The third-order valence-corrected chi connectivity index (χ3v) is 15.5. The Labute approximate surface area is 413 Å². The van der Waals surface area contributed by atoms with Crippen molar-refractivity contribution in [1.82, 2.24) is 25.4 Å². The number of carbonyl (C=O) groups is 5. The Morgan fingerprint density at radius 3 is 2.10 bits per heavy atom. The van der Waals surface area contributed by atoms with E-state index in [1.54, 1.807) is 46.2 Å². The largest absolute Gasteiger partial charge is 0.449 e. The second-order valence-corrected chi connectivity index (χ2v) is 20.7. The molecule has 14 heteroatoms. The van der Waals surface area contributed by atoms with Gasteiger partial charge in [-0.1, -0.05) is 120 Å². The molecule has 2 N–H and O–H groups in total. The third kappa shape index (κ3) is 12.5. The lowest BCUT2D eigenvalue weighted by molar-refractivity contribution is -0.149. The summed E-state index contributed by atoms with van der Waals surface area (Å²) in [4.78, 5) is 78.6. The highest BCUT2D eigenvalue weighted by Crippen LogP contribution is 2.44. The average molecular weight is 964 g/mol. The molecule has 2 heterocycles. The summed E-state index contributed by atoms with van der Waals surface area (Å²) in [6.45, 7) is 13.6. The van der Waals surface area contributed by atoms with Gasteiger partial charge in [0.15, 0.2) is 5.78 Å². The van der Waals surface area contributed by atoms with Gasteiger partial charge in [-0.05, 0) is 72.8 Å². The number of fused-ring (bicyclic) bond motifs is 3. The molecule has 0 spiro atoms. The van der Waals surface area contributed by atoms with Crippen LogP contribution >= 0.6 is 11.3 Å². The number of thiazole rings is 1. The van der Waals surface area contributed by atoms with E-state index in [9.17, 15) is 24.0 Å². The van der Waals surface area contributed by atoms with E-state index >= 15 is 0 Å². The van der Waals surface area contributed by atoms with E-state index in [0.717, 1.165) is 39.2 Å². The van der Waals surface area contributed by atoms with Crippen LogP contribution in [0, 0.1) is 23.7 Å². The van der Waals surface area contributed by atoms with Crippen LogP contribution in [0.4, 0.5) is 4.79 Å². The fraction of sp³-hybridized carbons (Fsp3) is 0.527. The SMILES string of the molecule is CC[C@H](C)[C@@H]([C@@H](CC(=O)N1CCC[C@H]1[C@H](OC)[C@@H](C)C(=O)N[C@@H](Cc1ccccc1)c1nccs1)OC)N(C)C(=O)[C@@H](CC(=O)C(C)(C)NC(=O)OCC1c2ccccc2-c2ccccc21)C(C)C. The minimum Gasteiger partial charge on any atom is -0.449 e. The molecule has 69 heavy (non-hydrogen) atoms. The van der Waals surface area contributed by atoms with Crippen LogP contribution in [0.25, 0.3) is 11.1 Å². The van der Waals surface area contributed by atoms with Crippen LogP contribution in [0.15, 0.2) is 90.4 Å². The number of Topliss-reactive ketones (excluding diaryl/α,β-unsaturated/α-hetero) is 1. The molecule has 0 unspecified atom stereocenters. The summed E-state index contributed by atoms with van der Waals surface area (Å²) >= 11 is 1.50. The number of ether oxygens (including phenoxy) is 3. The topological polar surface area (TPSA) is 156 Å². The monoisotopic (exact) mass is 964 g/mol. The zero-order valence-corrected chi connectivity index (χ0v) is 42.9. The predicted octanol–water partition coefficient (Wildman–Crippen LogP) is 9.01. The Hall–Kier alpha value is -5.44. The van der Waals surface area contributed by atoms with Gasteiger partial charge >= 0.3 is 6.09 Å². The highest BCUT2D eigenvalue weighted by atomic mass is 32.1. The molecule has 4 aromatic rings. The molecule has 372 valence electrons. The van der Waals surface area contributed by atoms with Crippen LogP contribution in [0.3, 0.4) is 0 Å². The maximum Gasteiger partial charge on any atom is 0.407 e. The van der Waals surface area contributed by atoms with E-state index in [1.165, 1.54) is 11.3 Å². The first-order chi connectivity index (χ1) is 33.0. The lowest BCUT2D eigenvalue weighted by Crippen LogP contribution is -2.55. The van der Waals surface area contributed by atoms with Gasteiger partial charge in [-0.3, -0.25) is 19.2 Å². The number of rotatable bonds is 23. The van der Waals surface area contributed by atoms with E-state index in [1.807, 2.05) is 112 Å². The molecule has 0 bridgehead atoms. The number of nitrogens with one attached hydrogen (secondary N) is 2. The van der Waals surface area contributed by atoms with Crippen molar-refractivity contribution in [2.24, 2.45) is 23.7 Å². The van der Waals surface area contributed by atoms with Crippen molar-refractivity contribution >= 4 is 40.9 Å². The van der Waals surface area contributed by atoms with Gasteiger partial charge in [0.2, 0.25) is 17.7 Å². The molecule has 1 aliphatic carbocycles. The van der Waals surface area contributed by atoms with Crippen LogP contribution < -0.4 is 10.6 Å². The number of methoxy groups -OCH3 is 2. The summed E-state index contributed by atoms with van der Waals surface area (Å²) in [5.74, 6) is -2.60. The Morgan fingerprint density at radius 2 is 1.52 bits per heavy atom. The molecule has 1 aromatic heterocycles. The zero-order valence-electron chi connectivity index (χ0n) is 42.1. The number of aromatic nitrogens is 1. The average Bonchev–Trinajstić information content (AvgIpc) is 4.13. The van der Waals surface area contributed by atoms with Crippen molar-refractivity contribution in [1.29, 1.82) is 0 Å². The second-order valence-electron chi connectivity index (χ2n) is 19.8. The number of nitrogens with zero attached hydrogens (tertiary/aromatic N) is 3. The van der Waals surface area contributed by atoms with Crippen LogP contribution in [0.1, 0.15) is 114 Å². The van der Waals surface area contributed by atoms with Crippen LogP contribution in [0.2, 0.25) is 0 Å². The van der Waals surface area contributed by atoms with Crippen LogP contribution in [-0.2, 0) is 39.8 Å². The lowest BCUT2D eigenvalue weighted by atomic mass is 9.83. The van der Waals surface area contributed by atoms with Gasteiger partial charge in [-0.2, -0.15) is 0 Å². The molecular weight excluding hydrogens is 891 g/mol. The summed E-state index contributed by atoms with van der Waals surface area (Å²) in [5.41, 5.74) is 4.15. The van der Waals surface area contributed by atoms with E-state index < -0.39 is 41.7 Å². The number of likely N-dealkylation sites (N-methyl/N-ethyl adjacent to an activating group) is 1. The van der Waals surface area contributed by atoms with E-state index in [4.69, 9.17) is 14.2 Å². The number of amides is 4. The molecule has 1 fully saturated rings. The molecule has 4 amide bonds. The molecule has 3 aromatic carbocycles. The fourth-order valence-electron chi connectivity index (χ4n) is 10.3. The summed E-state index contributed by atoms with van der Waals surface area (Å²) in [7, 11) is 4.88. The van der Waals surface area contributed by atoms with Gasteiger partial charge in [-0.25, -0.2) is 9.78 Å². The van der Waals surface area contributed by atoms with Gasteiger partial charge in [0, 0.05) is 57.6 Å². The van der Waals surface area contributed by atoms with Gasteiger partial charge < -0.3 is 34.6 Å². The standard InChI is InChI=1S/C55H73N5O8S/c1-11-35(4)49(46(66-9)32-48(62)60-28-19-26-45(60)50(67-10)36(5)51(63)57-44(52-56-27-29-69-52)30-37-20-13-12-14-21-37)59(8)53(64)42(34(2)3)31-47(61)55(6,7)58-54(65)68-33-43-40-24-17-15-22-38(40)39-23-16-18-25-41(39)43/h12-18,20-25,27,29,34-36,42-46,49-50H,11,19,26,28,30-33H2,1-10H3,(H,57,63)(H,58,65)/t35-,36+,42-,44-,45-,46+,49-,50+/m0/s1. The molecule has 2 aliphatic rings. The van der Waals surface area contributed by atoms with Gasteiger partial charge in [0.1, 0.15) is 11.6 Å². The lowest BCUT2D eigenvalue weighted by Gasteiger charge is -2.41. The van der Waals surface area contributed by atoms with E-state index in [2.05, 4.69) is 27.8 Å². The van der Waals surface area contributed by atoms with Crippen LogP contribution in [0.5, 0.6) is 0 Å². The fourth-order valence-corrected chi connectivity index (χ4v) is 11.0. The van der Waals surface area contributed by atoms with Gasteiger partial charge in [0.25, 0.3) is 0 Å². The summed E-state index contributed by atoms with van der Waals surface area (Å²) in [6.07, 6.45) is 2.38. The number of hydrogen-bond acceptors (Lipinski definition) is 10. The van der Waals surface area contributed by atoms with Crippen molar-refractivity contribution in [2.75, 3.05) is 34.4 Å². The predicted molar refractivity (Wildman–Crippen MR) is 270 cm³/mol. The van der Waals surface area contributed by atoms with Crippen molar-refractivity contribution in [2.45, 2.75) is 129 Å². The molecule has 8 atom stereocenters. The number of carbonyl (C=O) groups excluding carboxylic acids is 5. The summed E-state index contributed by atoms with van der Waals surface area (Å²) in [6, 6.07) is 25.0. The summed E-state index contributed by atoms with van der Waals surface area (Å²) in [5, 5.41) is 8.74. The quantitative estimate of drug-likeness (QED) is 0.0741. The van der Waals surface area contributed by atoms with E-state index in [-0.39, 0.29) is 72.8 Å². The first kappa shape index (κ1) is 52.9. The maximum absolute atomic E-state index is 14.7. The number of benzene rings is 3. The van der Waals surface area contributed by atoms with Crippen LogP contribution in [-0.4, -0.2) is 109 Å². The van der Waals surface area contributed by atoms with Gasteiger partial charge in [-0.15, -0.1) is 11.3 Å². The highest BCUT2D eigenvalue weighted by Gasteiger charge is 2.44. The zero-order chi connectivity index (χ0) is 50.0. The molecule has 6 rings (SSSR count). The van der Waals surface area contributed by atoms with Crippen molar-refractivity contribution in [3.63, 3.8) is 0 Å². The number of hydrogen-bond donors (Lipinski definition) is 2. The van der Waals surface area contributed by atoms with E-state index in [0.29, 0.717) is 25.8 Å². The Kier molecular flexibility index (Phi) is 18.3. The molecular formula is C55H73N5O8S. The Balaban J connectivity index is 1.09. The van der Waals surface area contributed by atoms with Crippen molar-refractivity contribution < 1.29 is 38.2 Å². The number of ketones is 1. The maximum atomic E-state index is 14.7. The molecule has 0 radical (unpaired) electrons. The normalized spacial score (nSPS) is 17.7. The van der Waals surface area contributed by atoms with Crippen molar-refractivity contribution in [3.8, 4) is 11.1 Å². The first-order valence-electron chi connectivity index (χ1n) is 24.5. The highest BCUT2D eigenvalue weighted by molar-refractivity contribution is 7.09. The Bertz CT molecular complexity index is 2310.